The lowest BCUT2D eigenvalue weighted by molar-refractivity contribution is 0.207. The van der Waals surface area contributed by atoms with Gasteiger partial charge in [0.2, 0.25) is 5.13 Å². The van der Waals surface area contributed by atoms with Crippen molar-refractivity contribution >= 4 is 43.8 Å². The highest BCUT2D eigenvalue weighted by atomic mass is 32.2. The Hall–Kier alpha value is -1.16. The third-order valence-electron chi connectivity index (χ3n) is 3.32. The predicted molar refractivity (Wildman–Crippen MR) is 88.7 cm³/mol. The highest BCUT2D eigenvalue weighted by Crippen LogP contribution is 2.35. The zero-order chi connectivity index (χ0) is 15.7. The van der Waals surface area contributed by atoms with Gasteiger partial charge in [-0.1, -0.05) is 41.3 Å². The summed E-state index contributed by atoms with van der Waals surface area (Å²) in [6.07, 6.45) is -0.841. The van der Waals surface area contributed by atoms with Gasteiger partial charge >= 0.3 is 0 Å². The average Bonchev–Trinajstić information content (AvgIpc) is 2.97. The van der Waals surface area contributed by atoms with E-state index in [1.54, 1.807) is 0 Å². The van der Waals surface area contributed by atoms with Gasteiger partial charge < -0.3 is 10.4 Å². The van der Waals surface area contributed by atoms with E-state index in [0.29, 0.717) is 9.47 Å². The molecule has 1 saturated heterocycles. The van der Waals surface area contributed by atoms with E-state index >= 15 is 0 Å². The lowest BCUT2D eigenvalue weighted by Crippen LogP contribution is -2.19. The molecule has 0 amide bonds. The molecule has 9 heteroatoms. The minimum absolute atomic E-state index is 0.0149. The highest BCUT2D eigenvalue weighted by Gasteiger charge is 2.37. The van der Waals surface area contributed by atoms with Crippen LogP contribution in [0.15, 0.2) is 28.6 Å². The van der Waals surface area contributed by atoms with E-state index in [0.717, 1.165) is 11.3 Å². The van der Waals surface area contributed by atoms with Crippen LogP contribution in [0.3, 0.4) is 0 Å². The van der Waals surface area contributed by atoms with Crippen molar-refractivity contribution in [1.29, 1.82) is 0 Å². The van der Waals surface area contributed by atoms with Gasteiger partial charge in [-0.2, -0.15) is 0 Å². The number of nitrogens with zero attached hydrogens (tertiary/aromatic N) is 2. The maximum absolute atomic E-state index is 11.5. The molecule has 1 aromatic carbocycles. The standard InChI is InChI=1S/C13H15N3O3S3/c1-8-4-2-3-5-9(8)14-12-15-16-13(21-12)20-11-7-22(18,19)6-10(11)17/h2-5,10-11,17H,6-7H2,1H3,(H,14,15)/t10-,11-/m0/s1. The van der Waals surface area contributed by atoms with Gasteiger partial charge in [0.1, 0.15) is 0 Å². The number of para-hydroxylation sites is 1. The van der Waals surface area contributed by atoms with Crippen LogP contribution >= 0.6 is 23.1 Å². The zero-order valence-corrected chi connectivity index (χ0v) is 14.2. The summed E-state index contributed by atoms with van der Waals surface area (Å²) in [7, 11) is -3.14. The summed E-state index contributed by atoms with van der Waals surface area (Å²) in [5.74, 6) is -0.184. The molecule has 0 bridgehead atoms. The van der Waals surface area contributed by atoms with Crippen LogP contribution in [0.2, 0.25) is 0 Å². The van der Waals surface area contributed by atoms with Crippen molar-refractivity contribution in [1.82, 2.24) is 10.2 Å². The Labute approximate surface area is 136 Å². The molecule has 2 heterocycles. The molecular weight excluding hydrogens is 342 g/mol. The van der Waals surface area contributed by atoms with E-state index in [2.05, 4.69) is 15.5 Å². The molecule has 0 spiro atoms. The summed E-state index contributed by atoms with van der Waals surface area (Å²) in [6, 6.07) is 7.85. The Balaban J connectivity index is 1.68. The van der Waals surface area contributed by atoms with Gasteiger partial charge in [0, 0.05) is 5.69 Å². The molecule has 6 nitrogen and oxygen atoms in total. The molecule has 2 N–H and O–H groups in total. The lowest BCUT2D eigenvalue weighted by Gasteiger charge is -2.08. The Morgan fingerprint density at radius 3 is 2.77 bits per heavy atom. The van der Waals surface area contributed by atoms with Crippen molar-refractivity contribution in [3.63, 3.8) is 0 Å². The molecule has 1 aliphatic heterocycles. The number of benzene rings is 1. The molecule has 1 aromatic heterocycles. The molecule has 118 valence electrons. The van der Waals surface area contributed by atoms with E-state index in [4.69, 9.17) is 0 Å². The Morgan fingerprint density at radius 2 is 2.09 bits per heavy atom. The summed E-state index contributed by atoms with van der Waals surface area (Å²) >= 11 is 2.62. The summed E-state index contributed by atoms with van der Waals surface area (Å²) in [5, 5.41) is 21.4. The fourth-order valence-corrected chi connectivity index (χ4v) is 6.69. The van der Waals surface area contributed by atoms with Crippen LogP contribution in [0.5, 0.6) is 0 Å². The number of anilines is 2. The topological polar surface area (TPSA) is 92.2 Å². The summed E-state index contributed by atoms with van der Waals surface area (Å²) in [6.45, 7) is 2.00. The SMILES string of the molecule is Cc1ccccc1Nc1nnc(S[C@H]2CS(=O)(=O)C[C@@H]2O)s1. The van der Waals surface area contributed by atoms with Gasteiger partial charge in [-0.15, -0.1) is 10.2 Å². The van der Waals surface area contributed by atoms with E-state index in [1.807, 2.05) is 31.2 Å². The molecule has 2 atom stereocenters. The number of thioether (sulfide) groups is 1. The molecule has 0 unspecified atom stereocenters. The maximum atomic E-state index is 11.5. The number of aliphatic hydroxyl groups is 1. The number of aryl methyl sites for hydroxylation is 1. The van der Waals surface area contributed by atoms with Gasteiger partial charge in [-0.05, 0) is 18.6 Å². The maximum Gasteiger partial charge on any atom is 0.210 e. The van der Waals surface area contributed by atoms with Crippen molar-refractivity contribution in [3.8, 4) is 0 Å². The molecule has 22 heavy (non-hydrogen) atoms. The van der Waals surface area contributed by atoms with Crippen molar-refractivity contribution in [2.24, 2.45) is 0 Å². The first-order chi connectivity index (χ1) is 10.4. The smallest absolute Gasteiger partial charge is 0.210 e. The Morgan fingerprint density at radius 1 is 1.32 bits per heavy atom. The Bertz CT molecular complexity index is 776. The van der Waals surface area contributed by atoms with Crippen LogP contribution in [0.1, 0.15) is 5.56 Å². The molecular formula is C13H15N3O3S3. The van der Waals surface area contributed by atoms with Gasteiger partial charge in [-0.25, -0.2) is 8.42 Å². The highest BCUT2D eigenvalue weighted by molar-refractivity contribution is 8.03. The first-order valence-corrected chi connectivity index (χ1v) is 10.2. The number of aromatic nitrogens is 2. The van der Waals surface area contributed by atoms with Gasteiger partial charge in [0.15, 0.2) is 14.2 Å². The first kappa shape index (κ1) is 15.7. The first-order valence-electron chi connectivity index (χ1n) is 6.64. The van der Waals surface area contributed by atoms with Crippen molar-refractivity contribution in [2.75, 3.05) is 16.8 Å². The second-order valence-electron chi connectivity index (χ2n) is 5.11. The number of rotatable bonds is 4. The molecule has 0 radical (unpaired) electrons. The molecule has 0 saturated carbocycles. The van der Waals surface area contributed by atoms with Crippen LogP contribution in [-0.4, -0.2) is 46.6 Å². The molecule has 1 fully saturated rings. The third kappa shape index (κ3) is 3.60. The number of sulfone groups is 1. The minimum Gasteiger partial charge on any atom is -0.391 e. The number of aliphatic hydroxyl groups excluding tert-OH is 1. The van der Waals surface area contributed by atoms with Crippen LogP contribution in [0, 0.1) is 6.92 Å². The second-order valence-corrected chi connectivity index (χ2v) is 9.73. The van der Waals surface area contributed by atoms with Crippen molar-refractivity contribution < 1.29 is 13.5 Å². The number of hydrogen-bond acceptors (Lipinski definition) is 8. The van der Waals surface area contributed by atoms with Gasteiger partial charge in [0.25, 0.3) is 0 Å². The minimum atomic E-state index is -3.14. The molecule has 2 aromatic rings. The number of nitrogens with one attached hydrogen (secondary N) is 1. The normalized spacial score (nSPS) is 23.5. The van der Waals surface area contributed by atoms with Gasteiger partial charge in [0.05, 0.1) is 22.9 Å². The number of hydrogen-bond donors (Lipinski definition) is 2. The average molecular weight is 357 g/mol. The lowest BCUT2D eigenvalue weighted by atomic mass is 10.2. The van der Waals surface area contributed by atoms with E-state index < -0.39 is 15.9 Å². The third-order valence-corrected chi connectivity index (χ3v) is 7.48. The van der Waals surface area contributed by atoms with Crippen molar-refractivity contribution in [2.45, 2.75) is 22.6 Å². The summed E-state index contributed by atoms with van der Waals surface area (Å²) < 4.78 is 23.7. The predicted octanol–water partition coefficient (Wildman–Crippen LogP) is 1.84. The largest absolute Gasteiger partial charge is 0.391 e. The van der Waals surface area contributed by atoms with E-state index in [9.17, 15) is 13.5 Å². The molecule has 3 rings (SSSR count). The quantitative estimate of drug-likeness (QED) is 0.862. The van der Waals surface area contributed by atoms with Crippen molar-refractivity contribution in [3.05, 3.63) is 29.8 Å². The van der Waals surface area contributed by atoms with Crippen LogP contribution in [0.4, 0.5) is 10.8 Å². The van der Waals surface area contributed by atoms with E-state index in [1.165, 1.54) is 23.1 Å². The van der Waals surface area contributed by atoms with Crippen LogP contribution in [-0.2, 0) is 9.84 Å². The Kier molecular flexibility index (Phi) is 4.40. The summed E-state index contributed by atoms with van der Waals surface area (Å²) in [4.78, 5) is 0. The fourth-order valence-electron chi connectivity index (χ4n) is 2.18. The monoisotopic (exact) mass is 357 g/mol. The van der Waals surface area contributed by atoms with E-state index in [-0.39, 0.29) is 16.8 Å². The fraction of sp³-hybridized carbons (Fsp3) is 0.385. The molecule has 1 aliphatic rings. The van der Waals surface area contributed by atoms with Crippen LogP contribution < -0.4 is 5.32 Å². The summed E-state index contributed by atoms with van der Waals surface area (Å²) in [5.41, 5.74) is 2.06. The zero-order valence-electron chi connectivity index (χ0n) is 11.8. The van der Waals surface area contributed by atoms with Gasteiger partial charge in [-0.3, -0.25) is 0 Å². The van der Waals surface area contributed by atoms with Crippen LogP contribution in [0.25, 0.3) is 0 Å². The molecule has 0 aliphatic carbocycles. The second kappa shape index (κ2) is 6.15.